The maximum absolute atomic E-state index is 12.7. The highest BCUT2D eigenvalue weighted by Gasteiger charge is 2.26. The van der Waals surface area contributed by atoms with E-state index in [0.717, 1.165) is 23.2 Å². The molecule has 1 aromatic carbocycles. The molecular formula is C14H24N2O2S. The molecule has 0 atom stereocenters. The Morgan fingerprint density at radius 1 is 1.16 bits per heavy atom. The molecule has 19 heavy (non-hydrogen) atoms. The van der Waals surface area contributed by atoms with Crippen molar-refractivity contribution < 1.29 is 8.42 Å². The quantitative estimate of drug-likeness (QED) is 0.874. The minimum absolute atomic E-state index is 0.446. The zero-order valence-electron chi connectivity index (χ0n) is 12.4. The maximum atomic E-state index is 12.7. The number of nitrogens with one attached hydrogen (secondary N) is 1. The van der Waals surface area contributed by atoms with Gasteiger partial charge in [-0.15, -0.1) is 0 Å². The maximum Gasteiger partial charge on any atom is 0.243 e. The second kappa shape index (κ2) is 6.39. The van der Waals surface area contributed by atoms with Gasteiger partial charge in [0, 0.05) is 25.8 Å². The molecule has 0 radical (unpaired) electrons. The second-order valence-electron chi connectivity index (χ2n) is 4.69. The minimum atomic E-state index is -3.39. The van der Waals surface area contributed by atoms with Gasteiger partial charge in [0.2, 0.25) is 10.0 Å². The van der Waals surface area contributed by atoms with Gasteiger partial charge in [-0.1, -0.05) is 13.8 Å². The highest BCUT2D eigenvalue weighted by molar-refractivity contribution is 7.89. The van der Waals surface area contributed by atoms with Crippen LogP contribution in [0.15, 0.2) is 17.0 Å². The lowest BCUT2D eigenvalue weighted by molar-refractivity contribution is 0.426. The lowest BCUT2D eigenvalue weighted by Crippen LogP contribution is -2.32. The number of nitrogens with zero attached hydrogens (tertiary/aromatic N) is 1. The van der Waals surface area contributed by atoms with Crippen LogP contribution in [-0.2, 0) is 10.0 Å². The fourth-order valence-corrected chi connectivity index (χ4v) is 4.28. The van der Waals surface area contributed by atoms with Gasteiger partial charge in [0.1, 0.15) is 0 Å². The van der Waals surface area contributed by atoms with E-state index in [0.29, 0.717) is 18.0 Å². The fraction of sp³-hybridized carbons (Fsp3) is 0.571. The van der Waals surface area contributed by atoms with Crippen LogP contribution in [0.25, 0.3) is 0 Å². The molecule has 1 N–H and O–H groups in total. The summed E-state index contributed by atoms with van der Waals surface area (Å²) in [6.07, 6.45) is 0.819. The summed E-state index contributed by atoms with van der Waals surface area (Å²) < 4.78 is 26.9. The van der Waals surface area contributed by atoms with Crippen molar-refractivity contribution in [3.8, 4) is 0 Å². The molecule has 5 heteroatoms. The van der Waals surface area contributed by atoms with E-state index in [-0.39, 0.29) is 0 Å². The fourth-order valence-electron chi connectivity index (χ4n) is 2.33. The third kappa shape index (κ3) is 3.28. The summed E-state index contributed by atoms with van der Waals surface area (Å²) in [5.74, 6) is 0. The number of hydrogen-bond donors (Lipinski definition) is 1. The molecule has 0 bridgehead atoms. The van der Waals surface area contributed by atoms with Crippen LogP contribution in [0.3, 0.4) is 0 Å². The molecule has 4 nitrogen and oxygen atoms in total. The summed E-state index contributed by atoms with van der Waals surface area (Å²) in [6.45, 7) is 8.62. The minimum Gasteiger partial charge on any atom is -0.388 e. The predicted molar refractivity (Wildman–Crippen MR) is 80.2 cm³/mol. The molecule has 0 saturated heterocycles. The van der Waals surface area contributed by atoms with Crippen LogP contribution in [0.5, 0.6) is 0 Å². The molecule has 0 unspecified atom stereocenters. The van der Waals surface area contributed by atoms with Crippen molar-refractivity contribution in [1.82, 2.24) is 4.31 Å². The third-order valence-electron chi connectivity index (χ3n) is 3.17. The van der Waals surface area contributed by atoms with Crippen LogP contribution in [0, 0.1) is 13.8 Å². The highest BCUT2D eigenvalue weighted by atomic mass is 32.2. The number of hydrogen-bond acceptors (Lipinski definition) is 3. The molecule has 0 spiro atoms. The molecule has 0 aliphatic rings. The van der Waals surface area contributed by atoms with Crippen LogP contribution in [0.4, 0.5) is 5.69 Å². The largest absolute Gasteiger partial charge is 0.388 e. The summed E-state index contributed by atoms with van der Waals surface area (Å²) in [6, 6.07) is 3.75. The molecule has 0 heterocycles. The lowest BCUT2D eigenvalue weighted by atomic mass is 10.1. The zero-order valence-corrected chi connectivity index (χ0v) is 13.3. The van der Waals surface area contributed by atoms with Crippen LogP contribution in [0.1, 0.15) is 31.4 Å². The smallest absolute Gasteiger partial charge is 0.243 e. The number of rotatable bonds is 6. The normalized spacial score (nSPS) is 11.9. The van der Waals surface area contributed by atoms with Crippen LogP contribution < -0.4 is 5.32 Å². The monoisotopic (exact) mass is 284 g/mol. The van der Waals surface area contributed by atoms with Crippen molar-refractivity contribution in [3.05, 3.63) is 23.3 Å². The van der Waals surface area contributed by atoms with Crippen LogP contribution in [-0.4, -0.2) is 32.9 Å². The van der Waals surface area contributed by atoms with Crippen LogP contribution >= 0.6 is 0 Å². The van der Waals surface area contributed by atoms with E-state index in [1.165, 1.54) is 0 Å². The van der Waals surface area contributed by atoms with Gasteiger partial charge < -0.3 is 5.32 Å². The molecular weight excluding hydrogens is 260 g/mol. The van der Waals surface area contributed by atoms with Crippen molar-refractivity contribution in [1.29, 1.82) is 0 Å². The number of anilines is 1. The van der Waals surface area contributed by atoms with E-state index in [1.54, 1.807) is 4.31 Å². The Hall–Kier alpha value is -1.07. The summed E-state index contributed by atoms with van der Waals surface area (Å²) >= 11 is 0. The zero-order chi connectivity index (χ0) is 14.6. The van der Waals surface area contributed by atoms with Gasteiger partial charge in [0.05, 0.1) is 4.90 Å². The van der Waals surface area contributed by atoms with Gasteiger partial charge in [-0.25, -0.2) is 8.42 Å². The van der Waals surface area contributed by atoms with E-state index in [4.69, 9.17) is 0 Å². The van der Waals surface area contributed by atoms with Gasteiger partial charge in [-0.3, -0.25) is 0 Å². The van der Waals surface area contributed by atoms with E-state index >= 15 is 0 Å². The van der Waals surface area contributed by atoms with Gasteiger partial charge in [0.15, 0.2) is 0 Å². The van der Waals surface area contributed by atoms with Crippen molar-refractivity contribution in [2.24, 2.45) is 0 Å². The number of benzene rings is 1. The molecule has 0 fully saturated rings. The standard InChI is InChI=1S/C14H24N2O2S/c1-6-8-16(7-2)19(17,18)14-11(3)9-13(15-5)10-12(14)4/h9-10,15H,6-8H2,1-5H3. The average Bonchev–Trinajstić information content (AvgIpc) is 2.34. The van der Waals surface area contributed by atoms with Gasteiger partial charge in [-0.05, 0) is 43.5 Å². The van der Waals surface area contributed by atoms with Crippen molar-refractivity contribution in [2.75, 3.05) is 25.5 Å². The lowest BCUT2D eigenvalue weighted by Gasteiger charge is -2.22. The molecule has 1 rings (SSSR count). The van der Waals surface area contributed by atoms with E-state index < -0.39 is 10.0 Å². The Balaban J connectivity index is 3.36. The summed E-state index contributed by atoms with van der Waals surface area (Å²) in [5.41, 5.74) is 2.52. The van der Waals surface area contributed by atoms with Gasteiger partial charge in [-0.2, -0.15) is 4.31 Å². The molecule has 0 aromatic heterocycles. The molecule has 0 aliphatic carbocycles. The number of sulfonamides is 1. The molecule has 0 amide bonds. The molecule has 108 valence electrons. The second-order valence-corrected chi connectivity index (χ2v) is 6.56. The Kier molecular flexibility index (Phi) is 5.38. The first kappa shape index (κ1) is 16.0. The first-order chi connectivity index (χ1) is 8.88. The van der Waals surface area contributed by atoms with Crippen molar-refractivity contribution >= 4 is 15.7 Å². The van der Waals surface area contributed by atoms with Gasteiger partial charge >= 0.3 is 0 Å². The van der Waals surface area contributed by atoms with E-state index in [1.807, 2.05) is 46.9 Å². The third-order valence-corrected chi connectivity index (χ3v) is 5.45. The van der Waals surface area contributed by atoms with Crippen molar-refractivity contribution in [3.63, 3.8) is 0 Å². The van der Waals surface area contributed by atoms with Gasteiger partial charge in [0.25, 0.3) is 0 Å². The Morgan fingerprint density at radius 2 is 1.68 bits per heavy atom. The van der Waals surface area contributed by atoms with Crippen molar-refractivity contribution in [2.45, 2.75) is 39.0 Å². The average molecular weight is 284 g/mol. The first-order valence-electron chi connectivity index (χ1n) is 6.67. The Bertz CT molecular complexity index is 515. The Morgan fingerprint density at radius 3 is 2.05 bits per heavy atom. The predicted octanol–water partition coefficient (Wildman–Crippen LogP) is 2.77. The summed E-state index contributed by atoms with van der Waals surface area (Å²) in [5, 5.41) is 3.05. The SMILES string of the molecule is CCCN(CC)S(=O)(=O)c1c(C)cc(NC)cc1C. The first-order valence-corrected chi connectivity index (χ1v) is 8.11. The van der Waals surface area contributed by atoms with E-state index in [9.17, 15) is 8.42 Å². The molecule has 1 aromatic rings. The van der Waals surface area contributed by atoms with Crippen LogP contribution in [0.2, 0.25) is 0 Å². The summed E-state index contributed by atoms with van der Waals surface area (Å²) in [7, 11) is -1.56. The summed E-state index contributed by atoms with van der Waals surface area (Å²) in [4.78, 5) is 0.446. The molecule has 0 saturated carbocycles. The highest BCUT2D eigenvalue weighted by Crippen LogP contribution is 2.27. The topological polar surface area (TPSA) is 49.4 Å². The number of aryl methyl sites for hydroxylation is 2. The van der Waals surface area contributed by atoms with E-state index in [2.05, 4.69) is 5.32 Å². The molecule has 0 aliphatic heterocycles. The Labute approximate surface area is 116 Å².